The molecule has 0 aliphatic rings. The number of hydrogen-bond donors (Lipinski definition) is 3. The Morgan fingerprint density at radius 2 is 1.38 bits per heavy atom. The smallest absolute Gasteiger partial charge is 0.0894 e. The van der Waals surface area contributed by atoms with Crippen molar-refractivity contribution >= 4 is 0 Å². The van der Waals surface area contributed by atoms with Gasteiger partial charge in [0, 0.05) is 0 Å². The first-order valence-electron chi connectivity index (χ1n) is 8.58. The molecule has 124 valence electrons. The van der Waals surface area contributed by atoms with Gasteiger partial charge in [0.15, 0.2) is 0 Å². The van der Waals surface area contributed by atoms with E-state index in [-0.39, 0.29) is 6.61 Å². The number of unbranched alkanes of at least 4 members (excludes halogenated alkanes) is 8. The highest BCUT2D eigenvalue weighted by atomic mass is 16.3. The van der Waals surface area contributed by atoms with Gasteiger partial charge in [0.05, 0.1) is 18.8 Å². The van der Waals surface area contributed by atoms with Gasteiger partial charge < -0.3 is 15.9 Å². The van der Waals surface area contributed by atoms with Crippen LogP contribution in [0.1, 0.15) is 71.1 Å². The number of hydrogen-bond acceptors (Lipinski definition) is 3. The molecule has 4 N–H and O–H groups in total. The molecule has 0 rings (SSSR count). The summed E-state index contributed by atoms with van der Waals surface area (Å²) in [7, 11) is 0. The minimum Gasteiger partial charge on any atom is -0.395 e. The van der Waals surface area contributed by atoms with Crippen LogP contribution < -0.4 is 5.73 Å². The average molecular weight is 297 g/mol. The van der Waals surface area contributed by atoms with Gasteiger partial charge in [0.1, 0.15) is 0 Å². The van der Waals surface area contributed by atoms with Crippen molar-refractivity contribution in [2.75, 3.05) is 6.61 Å². The van der Waals surface area contributed by atoms with Crippen LogP contribution in [0.5, 0.6) is 0 Å². The third kappa shape index (κ3) is 14.1. The molecular weight excluding hydrogens is 262 g/mol. The topological polar surface area (TPSA) is 66.5 Å². The summed E-state index contributed by atoms with van der Waals surface area (Å²) < 4.78 is 0. The lowest BCUT2D eigenvalue weighted by atomic mass is 10.1. The lowest BCUT2D eigenvalue weighted by molar-refractivity contribution is 0.144. The molecule has 0 bridgehead atoms. The van der Waals surface area contributed by atoms with E-state index in [2.05, 4.69) is 19.1 Å². The molecule has 0 spiro atoms. The maximum atomic E-state index is 9.52. The summed E-state index contributed by atoms with van der Waals surface area (Å²) in [6, 6.07) is -0.562. The first-order valence-corrected chi connectivity index (χ1v) is 8.58. The standard InChI is InChI=1S/C18H35NO2/c1-2-3-4-5-6-7-8-9-10-11-12-13-14-15-18(21)17(19)16-20/h4-5,14-15,17-18,20-21H,2-3,6-13,16,19H2,1H3/b5-4-,15-14+/t17?,18-/m1/s1. The molecule has 3 heteroatoms. The van der Waals surface area contributed by atoms with E-state index >= 15 is 0 Å². The second-order valence-electron chi connectivity index (χ2n) is 5.72. The zero-order valence-corrected chi connectivity index (χ0v) is 13.7. The van der Waals surface area contributed by atoms with E-state index in [1.54, 1.807) is 6.08 Å². The zero-order chi connectivity index (χ0) is 15.8. The lowest BCUT2D eigenvalue weighted by Crippen LogP contribution is -2.36. The van der Waals surface area contributed by atoms with Crippen LogP contribution in [-0.2, 0) is 0 Å². The Balaban J connectivity index is 3.27. The van der Waals surface area contributed by atoms with E-state index < -0.39 is 12.1 Å². The van der Waals surface area contributed by atoms with Crippen molar-refractivity contribution in [3.05, 3.63) is 24.3 Å². The second-order valence-corrected chi connectivity index (χ2v) is 5.72. The minimum absolute atomic E-state index is 0.181. The van der Waals surface area contributed by atoms with Crippen LogP contribution in [0.3, 0.4) is 0 Å². The predicted molar refractivity (Wildman–Crippen MR) is 91.2 cm³/mol. The Kier molecular flexibility index (Phi) is 15.3. The van der Waals surface area contributed by atoms with Crippen molar-refractivity contribution < 1.29 is 10.2 Å². The maximum absolute atomic E-state index is 9.52. The lowest BCUT2D eigenvalue weighted by Gasteiger charge is -2.11. The number of nitrogens with two attached hydrogens (primary N) is 1. The first kappa shape index (κ1) is 20.4. The molecule has 2 atom stereocenters. The minimum atomic E-state index is -0.726. The third-order valence-corrected chi connectivity index (χ3v) is 3.60. The second kappa shape index (κ2) is 15.7. The average Bonchev–Trinajstić information content (AvgIpc) is 2.50. The van der Waals surface area contributed by atoms with Crippen molar-refractivity contribution in [2.45, 2.75) is 83.3 Å². The quantitative estimate of drug-likeness (QED) is 0.338. The summed E-state index contributed by atoms with van der Waals surface area (Å²) in [5.41, 5.74) is 5.51. The van der Waals surface area contributed by atoms with Crippen molar-refractivity contribution in [3.63, 3.8) is 0 Å². The number of aliphatic hydroxyl groups excluding tert-OH is 2. The van der Waals surface area contributed by atoms with Gasteiger partial charge in [-0.1, -0.05) is 63.3 Å². The first-order chi connectivity index (χ1) is 10.2. The molecule has 0 radical (unpaired) electrons. The molecule has 0 saturated carbocycles. The largest absolute Gasteiger partial charge is 0.395 e. The fourth-order valence-electron chi connectivity index (χ4n) is 2.12. The van der Waals surface area contributed by atoms with Crippen LogP contribution in [0.4, 0.5) is 0 Å². The predicted octanol–water partition coefficient (Wildman–Crippen LogP) is 3.70. The molecule has 1 unspecified atom stereocenters. The molecule has 0 aliphatic heterocycles. The van der Waals surface area contributed by atoms with Gasteiger partial charge in [0.25, 0.3) is 0 Å². The summed E-state index contributed by atoms with van der Waals surface area (Å²) in [5.74, 6) is 0. The van der Waals surface area contributed by atoms with Gasteiger partial charge >= 0.3 is 0 Å². The van der Waals surface area contributed by atoms with Crippen molar-refractivity contribution in [1.82, 2.24) is 0 Å². The Morgan fingerprint density at radius 3 is 1.95 bits per heavy atom. The van der Waals surface area contributed by atoms with E-state index in [4.69, 9.17) is 10.8 Å². The van der Waals surface area contributed by atoms with Crippen LogP contribution in [0, 0.1) is 0 Å². The van der Waals surface area contributed by atoms with E-state index in [1.165, 1.54) is 51.4 Å². The molecule has 0 aromatic rings. The summed E-state index contributed by atoms with van der Waals surface area (Å²) in [6.07, 6.45) is 19.9. The Hall–Kier alpha value is -0.640. The van der Waals surface area contributed by atoms with Crippen molar-refractivity contribution in [3.8, 4) is 0 Å². The maximum Gasteiger partial charge on any atom is 0.0894 e. The molecule has 21 heavy (non-hydrogen) atoms. The number of rotatable bonds is 14. The monoisotopic (exact) mass is 297 g/mol. The SMILES string of the molecule is CCC/C=C\CCCCCCCC/C=C/[C@@H](O)C(N)CO. The summed E-state index contributed by atoms with van der Waals surface area (Å²) in [5, 5.41) is 18.3. The van der Waals surface area contributed by atoms with Gasteiger partial charge in [-0.3, -0.25) is 0 Å². The molecule has 0 saturated heterocycles. The molecule has 0 fully saturated rings. The molecule has 0 aromatic carbocycles. The fraction of sp³-hybridized carbons (Fsp3) is 0.778. The van der Waals surface area contributed by atoms with E-state index in [9.17, 15) is 5.11 Å². The molecule has 0 amide bonds. The summed E-state index contributed by atoms with van der Waals surface area (Å²) >= 11 is 0. The molecule has 0 aliphatic carbocycles. The normalized spacial score (nSPS) is 15.0. The molecule has 3 nitrogen and oxygen atoms in total. The van der Waals surface area contributed by atoms with Crippen LogP contribution in [0.15, 0.2) is 24.3 Å². The molecule has 0 heterocycles. The van der Waals surface area contributed by atoms with E-state index in [0.717, 1.165) is 12.8 Å². The highest BCUT2D eigenvalue weighted by Gasteiger charge is 2.08. The van der Waals surface area contributed by atoms with E-state index in [0.29, 0.717) is 0 Å². The van der Waals surface area contributed by atoms with Crippen LogP contribution >= 0.6 is 0 Å². The fourth-order valence-corrected chi connectivity index (χ4v) is 2.12. The van der Waals surface area contributed by atoms with Crippen LogP contribution in [-0.4, -0.2) is 29.0 Å². The summed E-state index contributed by atoms with van der Waals surface area (Å²) in [4.78, 5) is 0. The number of allylic oxidation sites excluding steroid dienone is 3. The highest BCUT2D eigenvalue weighted by Crippen LogP contribution is 2.09. The van der Waals surface area contributed by atoms with Crippen LogP contribution in [0.25, 0.3) is 0 Å². The van der Waals surface area contributed by atoms with Crippen molar-refractivity contribution in [1.29, 1.82) is 0 Å². The van der Waals surface area contributed by atoms with E-state index in [1.807, 2.05) is 6.08 Å². The Labute approximate surface area is 130 Å². The molecule has 0 aromatic heterocycles. The van der Waals surface area contributed by atoms with Gasteiger partial charge in [-0.25, -0.2) is 0 Å². The number of aliphatic hydroxyl groups is 2. The van der Waals surface area contributed by atoms with Gasteiger partial charge in [-0.2, -0.15) is 0 Å². The van der Waals surface area contributed by atoms with Crippen molar-refractivity contribution in [2.24, 2.45) is 5.73 Å². The van der Waals surface area contributed by atoms with Gasteiger partial charge in [0.2, 0.25) is 0 Å². The molecular formula is C18H35NO2. The van der Waals surface area contributed by atoms with Crippen LogP contribution in [0.2, 0.25) is 0 Å². The zero-order valence-electron chi connectivity index (χ0n) is 13.7. The highest BCUT2D eigenvalue weighted by molar-refractivity contribution is 4.93. The third-order valence-electron chi connectivity index (χ3n) is 3.60. The summed E-state index contributed by atoms with van der Waals surface area (Å²) in [6.45, 7) is 2.03. The Bertz CT molecular complexity index is 264. The van der Waals surface area contributed by atoms with Gasteiger partial charge in [-0.05, 0) is 32.1 Å². The Morgan fingerprint density at radius 1 is 0.857 bits per heavy atom. The van der Waals surface area contributed by atoms with Gasteiger partial charge in [-0.15, -0.1) is 0 Å².